The molecule has 100 valence electrons. The molecule has 0 N–H and O–H groups in total. The number of hydrogen-bond acceptors (Lipinski definition) is 4. The number of methoxy groups -OCH3 is 1. The van der Waals surface area contributed by atoms with Crippen molar-refractivity contribution < 1.29 is 17.9 Å². The van der Waals surface area contributed by atoms with Crippen LogP contribution in [0.5, 0.6) is 5.75 Å². The lowest BCUT2D eigenvalue weighted by molar-refractivity contribution is 0.0978. The van der Waals surface area contributed by atoms with Crippen molar-refractivity contribution in [2.45, 2.75) is 18.1 Å². The molecule has 0 heterocycles. The zero-order chi connectivity index (χ0) is 14.0. The summed E-state index contributed by atoms with van der Waals surface area (Å²) in [5.74, 6) is -0.232. The fourth-order valence-corrected chi connectivity index (χ4v) is 2.79. The summed E-state index contributed by atoms with van der Waals surface area (Å²) in [6, 6.07) is 6.15. The van der Waals surface area contributed by atoms with E-state index in [1.165, 1.54) is 33.1 Å². The van der Waals surface area contributed by atoms with Crippen molar-refractivity contribution in [3.05, 3.63) is 29.8 Å². The SMILES string of the molecule is CCS(=O)(=O)[C@@](C)(Cl)C(=O)c1ccc(OC)cc1. The molecule has 0 saturated heterocycles. The molecule has 1 rings (SSSR count). The van der Waals surface area contributed by atoms with E-state index in [4.69, 9.17) is 16.3 Å². The molecule has 0 radical (unpaired) electrons. The summed E-state index contributed by atoms with van der Waals surface area (Å²) < 4.78 is 26.6. The van der Waals surface area contributed by atoms with Crippen LogP contribution in [0.4, 0.5) is 0 Å². The highest BCUT2D eigenvalue weighted by Crippen LogP contribution is 2.28. The average molecular weight is 291 g/mol. The molecular formula is C12H15ClO4S. The van der Waals surface area contributed by atoms with Crippen LogP contribution < -0.4 is 4.74 Å². The van der Waals surface area contributed by atoms with Gasteiger partial charge in [-0.3, -0.25) is 4.79 Å². The van der Waals surface area contributed by atoms with Crippen LogP contribution in [0.2, 0.25) is 0 Å². The molecule has 0 aromatic heterocycles. The number of hydrogen-bond donors (Lipinski definition) is 0. The van der Waals surface area contributed by atoms with Gasteiger partial charge in [0.2, 0.25) is 4.21 Å². The fraction of sp³-hybridized carbons (Fsp3) is 0.417. The second kappa shape index (κ2) is 5.28. The average Bonchev–Trinajstić information content (AvgIpc) is 2.37. The van der Waals surface area contributed by atoms with Crippen molar-refractivity contribution in [2.75, 3.05) is 12.9 Å². The molecular weight excluding hydrogens is 276 g/mol. The Bertz CT molecular complexity index is 532. The largest absolute Gasteiger partial charge is 0.497 e. The Hall–Kier alpha value is -1.07. The highest BCUT2D eigenvalue weighted by molar-refractivity contribution is 7.95. The van der Waals surface area contributed by atoms with E-state index in [2.05, 4.69) is 0 Å². The number of benzene rings is 1. The van der Waals surface area contributed by atoms with Gasteiger partial charge in [0.05, 0.1) is 7.11 Å². The van der Waals surface area contributed by atoms with Gasteiger partial charge in [-0.1, -0.05) is 18.5 Å². The number of ether oxygens (including phenoxy) is 1. The maximum Gasteiger partial charge on any atom is 0.205 e. The number of rotatable bonds is 5. The van der Waals surface area contributed by atoms with E-state index in [0.717, 1.165) is 0 Å². The summed E-state index contributed by atoms with van der Waals surface area (Å²) in [5.41, 5.74) is 0.241. The van der Waals surface area contributed by atoms with Crippen LogP contribution in [0.1, 0.15) is 24.2 Å². The quantitative estimate of drug-likeness (QED) is 0.616. The van der Waals surface area contributed by atoms with Crippen LogP contribution in [0.3, 0.4) is 0 Å². The van der Waals surface area contributed by atoms with Gasteiger partial charge in [-0.15, -0.1) is 0 Å². The predicted octanol–water partition coefficient (Wildman–Crippen LogP) is 2.27. The fourth-order valence-electron chi connectivity index (χ4n) is 1.41. The Balaban J connectivity index is 3.14. The Kier molecular flexibility index (Phi) is 4.40. The van der Waals surface area contributed by atoms with Crippen molar-refractivity contribution in [3.63, 3.8) is 0 Å². The molecule has 0 fully saturated rings. The van der Waals surface area contributed by atoms with Crippen molar-refractivity contribution in [3.8, 4) is 5.75 Å². The lowest BCUT2D eigenvalue weighted by Crippen LogP contribution is -2.39. The van der Waals surface area contributed by atoms with E-state index in [-0.39, 0.29) is 11.3 Å². The summed E-state index contributed by atoms with van der Waals surface area (Å²) in [6.45, 7) is 2.66. The summed E-state index contributed by atoms with van der Waals surface area (Å²) in [6.07, 6.45) is 0. The summed E-state index contributed by atoms with van der Waals surface area (Å²) in [7, 11) is -2.17. The Morgan fingerprint density at radius 2 is 1.83 bits per heavy atom. The molecule has 0 aliphatic rings. The molecule has 0 bridgehead atoms. The smallest absolute Gasteiger partial charge is 0.205 e. The van der Waals surface area contributed by atoms with Gasteiger partial charge in [0.15, 0.2) is 15.6 Å². The first-order valence-electron chi connectivity index (χ1n) is 5.36. The van der Waals surface area contributed by atoms with Gasteiger partial charge in [0.25, 0.3) is 0 Å². The predicted molar refractivity (Wildman–Crippen MR) is 71.0 cm³/mol. The third kappa shape index (κ3) is 2.67. The third-order valence-electron chi connectivity index (χ3n) is 2.72. The summed E-state index contributed by atoms with van der Waals surface area (Å²) >= 11 is 5.92. The van der Waals surface area contributed by atoms with Crippen molar-refractivity contribution in [2.24, 2.45) is 0 Å². The highest BCUT2D eigenvalue weighted by Gasteiger charge is 2.43. The number of Topliss-reactive ketones (excluding diaryl/α,β-unsaturated/α-hetero) is 1. The number of ketones is 1. The van der Waals surface area contributed by atoms with Gasteiger partial charge in [0.1, 0.15) is 5.75 Å². The second-order valence-corrected chi connectivity index (χ2v) is 7.48. The minimum absolute atomic E-state index is 0.186. The lowest BCUT2D eigenvalue weighted by atomic mass is 10.1. The first kappa shape index (κ1) is 15.0. The second-order valence-electron chi connectivity index (χ2n) is 3.88. The zero-order valence-corrected chi connectivity index (χ0v) is 12.0. The molecule has 0 unspecified atom stereocenters. The van der Waals surface area contributed by atoms with Crippen LogP contribution in [0, 0.1) is 0 Å². The normalized spacial score (nSPS) is 14.9. The maximum absolute atomic E-state index is 12.1. The molecule has 18 heavy (non-hydrogen) atoms. The Morgan fingerprint density at radius 3 is 2.22 bits per heavy atom. The molecule has 6 heteroatoms. The van der Waals surface area contributed by atoms with E-state index < -0.39 is 19.8 Å². The van der Waals surface area contributed by atoms with Crippen molar-refractivity contribution in [1.82, 2.24) is 0 Å². The molecule has 1 aromatic carbocycles. The molecule has 0 spiro atoms. The molecule has 0 saturated carbocycles. The number of halogens is 1. The highest BCUT2D eigenvalue weighted by atomic mass is 35.5. The van der Waals surface area contributed by atoms with Gasteiger partial charge in [0, 0.05) is 11.3 Å². The van der Waals surface area contributed by atoms with Gasteiger partial charge >= 0.3 is 0 Å². The monoisotopic (exact) mass is 290 g/mol. The summed E-state index contributed by atoms with van der Waals surface area (Å²) in [5, 5.41) is 0. The van der Waals surface area contributed by atoms with E-state index in [0.29, 0.717) is 5.75 Å². The van der Waals surface area contributed by atoms with Gasteiger partial charge in [-0.05, 0) is 31.2 Å². The summed E-state index contributed by atoms with van der Waals surface area (Å²) in [4.78, 5) is 12.1. The lowest BCUT2D eigenvalue weighted by Gasteiger charge is -2.20. The number of alkyl halides is 1. The van der Waals surface area contributed by atoms with Crippen molar-refractivity contribution in [1.29, 1.82) is 0 Å². The number of carbonyl (C=O) groups is 1. The van der Waals surface area contributed by atoms with Crippen LogP contribution >= 0.6 is 11.6 Å². The minimum atomic E-state index is -3.68. The zero-order valence-electron chi connectivity index (χ0n) is 10.4. The van der Waals surface area contributed by atoms with E-state index in [9.17, 15) is 13.2 Å². The van der Waals surface area contributed by atoms with Crippen molar-refractivity contribution >= 4 is 27.2 Å². The van der Waals surface area contributed by atoms with Crippen LogP contribution in [-0.4, -0.2) is 31.3 Å². The molecule has 1 atom stereocenters. The Labute approximate surface area is 112 Å². The van der Waals surface area contributed by atoms with Crippen LogP contribution in [-0.2, 0) is 9.84 Å². The molecule has 1 aromatic rings. The molecule has 0 amide bonds. The topological polar surface area (TPSA) is 60.4 Å². The van der Waals surface area contributed by atoms with Gasteiger partial charge in [-0.25, -0.2) is 8.42 Å². The van der Waals surface area contributed by atoms with Gasteiger partial charge < -0.3 is 4.74 Å². The molecule has 0 aliphatic carbocycles. The number of carbonyl (C=O) groups excluding carboxylic acids is 1. The van der Waals surface area contributed by atoms with Gasteiger partial charge in [-0.2, -0.15) is 0 Å². The molecule has 0 aliphatic heterocycles. The first-order chi connectivity index (χ1) is 8.26. The van der Waals surface area contributed by atoms with E-state index >= 15 is 0 Å². The Morgan fingerprint density at radius 1 is 1.33 bits per heavy atom. The standard InChI is InChI=1S/C12H15ClO4S/c1-4-18(15,16)12(2,13)11(14)9-5-7-10(17-3)8-6-9/h5-8H,4H2,1-3H3/t12-/m1/s1. The third-order valence-corrected chi connectivity index (χ3v) is 5.71. The van der Waals surface area contributed by atoms with Crippen LogP contribution in [0.25, 0.3) is 0 Å². The van der Waals surface area contributed by atoms with E-state index in [1.807, 2.05) is 0 Å². The maximum atomic E-state index is 12.1. The number of sulfone groups is 1. The minimum Gasteiger partial charge on any atom is -0.497 e. The van der Waals surface area contributed by atoms with E-state index in [1.54, 1.807) is 12.1 Å². The van der Waals surface area contributed by atoms with Crippen LogP contribution in [0.15, 0.2) is 24.3 Å². The molecule has 4 nitrogen and oxygen atoms in total. The first-order valence-corrected chi connectivity index (χ1v) is 7.39.